The molecule has 1 atom stereocenters. The fraction of sp³-hybridized carbons (Fsp3) is 0.143. The van der Waals surface area contributed by atoms with Gasteiger partial charge in [0, 0.05) is 0 Å². The van der Waals surface area contributed by atoms with Crippen molar-refractivity contribution < 1.29 is 13.2 Å². The van der Waals surface area contributed by atoms with Gasteiger partial charge in [-0.1, -0.05) is 12.1 Å². The second kappa shape index (κ2) is 6.39. The number of benzene rings is 2. The molecule has 0 aliphatic rings. The van der Waals surface area contributed by atoms with Gasteiger partial charge in [-0.15, -0.1) is 0 Å². The standard InChI is InChI=1S/C14H12BrF3N2/c15-10-5-8(1-3-11(10)16)6-14(20-19)9-2-4-12(17)13(18)7-9/h1-5,7,14,20H,6,19H2. The van der Waals surface area contributed by atoms with E-state index >= 15 is 0 Å². The third kappa shape index (κ3) is 3.39. The zero-order valence-electron chi connectivity index (χ0n) is 10.3. The molecule has 0 bridgehead atoms. The van der Waals surface area contributed by atoms with Crippen LogP contribution in [0.5, 0.6) is 0 Å². The van der Waals surface area contributed by atoms with Crippen molar-refractivity contribution in [2.24, 2.45) is 5.84 Å². The molecule has 0 aliphatic heterocycles. The molecule has 0 heterocycles. The number of halogens is 4. The number of nitrogens with one attached hydrogen (secondary N) is 1. The van der Waals surface area contributed by atoms with Gasteiger partial charge in [0.05, 0.1) is 10.5 Å². The van der Waals surface area contributed by atoms with Crippen LogP contribution in [0.3, 0.4) is 0 Å². The highest BCUT2D eigenvalue weighted by atomic mass is 79.9. The highest BCUT2D eigenvalue weighted by Crippen LogP contribution is 2.23. The Labute approximate surface area is 122 Å². The summed E-state index contributed by atoms with van der Waals surface area (Å²) in [5, 5.41) is 0. The van der Waals surface area contributed by atoms with Gasteiger partial charge in [-0.3, -0.25) is 11.3 Å². The van der Waals surface area contributed by atoms with Crippen molar-refractivity contribution in [1.82, 2.24) is 5.43 Å². The van der Waals surface area contributed by atoms with E-state index in [2.05, 4.69) is 21.4 Å². The molecule has 0 amide bonds. The zero-order chi connectivity index (χ0) is 14.7. The van der Waals surface area contributed by atoms with E-state index in [0.717, 1.165) is 17.7 Å². The molecule has 2 rings (SSSR count). The van der Waals surface area contributed by atoms with Crippen molar-refractivity contribution in [1.29, 1.82) is 0 Å². The van der Waals surface area contributed by atoms with Crippen LogP contribution in [0.4, 0.5) is 13.2 Å². The number of rotatable bonds is 4. The highest BCUT2D eigenvalue weighted by Gasteiger charge is 2.14. The molecule has 1 unspecified atom stereocenters. The van der Waals surface area contributed by atoms with E-state index in [-0.39, 0.29) is 5.82 Å². The predicted octanol–water partition coefficient (Wildman–Crippen LogP) is 3.61. The maximum absolute atomic E-state index is 13.2. The average Bonchev–Trinajstić information content (AvgIpc) is 2.43. The van der Waals surface area contributed by atoms with Crippen LogP contribution in [0.1, 0.15) is 17.2 Å². The van der Waals surface area contributed by atoms with E-state index in [0.29, 0.717) is 16.5 Å². The first-order chi connectivity index (χ1) is 9.51. The second-order valence-corrected chi connectivity index (χ2v) is 5.20. The Bertz CT molecular complexity index is 619. The molecule has 20 heavy (non-hydrogen) atoms. The topological polar surface area (TPSA) is 38.0 Å². The van der Waals surface area contributed by atoms with Gasteiger partial charge in [0.1, 0.15) is 5.82 Å². The molecule has 6 heteroatoms. The summed E-state index contributed by atoms with van der Waals surface area (Å²) in [5.74, 6) is 3.26. The molecule has 0 spiro atoms. The summed E-state index contributed by atoms with van der Waals surface area (Å²) in [4.78, 5) is 0. The maximum atomic E-state index is 13.2. The molecule has 2 nitrogen and oxygen atoms in total. The van der Waals surface area contributed by atoms with Crippen LogP contribution in [-0.4, -0.2) is 0 Å². The van der Waals surface area contributed by atoms with Gasteiger partial charge in [-0.05, 0) is 57.7 Å². The number of hydrazine groups is 1. The van der Waals surface area contributed by atoms with Gasteiger partial charge < -0.3 is 0 Å². The third-order valence-corrected chi connectivity index (χ3v) is 3.58. The minimum atomic E-state index is -0.928. The van der Waals surface area contributed by atoms with Crippen LogP contribution >= 0.6 is 15.9 Å². The van der Waals surface area contributed by atoms with Gasteiger partial charge in [0.25, 0.3) is 0 Å². The molecule has 0 aromatic heterocycles. The SMILES string of the molecule is NNC(Cc1ccc(F)c(Br)c1)c1ccc(F)c(F)c1. The van der Waals surface area contributed by atoms with Gasteiger partial charge in [-0.2, -0.15) is 0 Å². The summed E-state index contributed by atoms with van der Waals surface area (Å²) in [6.07, 6.45) is 0.417. The molecule has 0 aliphatic carbocycles. The van der Waals surface area contributed by atoms with Crippen LogP contribution in [-0.2, 0) is 6.42 Å². The van der Waals surface area contributed by atoms with Crippen LogP contribution in [0.15, 0.2) is 40.9 Å². The molecule has 3 N–H and O–H groups in total. The van der Waals surface area contributed by atoms with E-state index in [1.807, 2.05) is 0 Å². The summed E-state index contributed by atoms with van der Waals surface area (Å²) in [5.41, 5.74) is 3.88. The second-order valence-electron chi connectivity index (χ2n) is 4.35. The van der Waals surface area contributed by atoms with E-state index < -0.39 is 17.7 Å². The Morgan fingerprint density at radius 1 is 1.00 bits per heavy atom. The molecular formula is C14H12BrF3N2. The lowest BCUT2D eigenvalue weighted by atomic mass is 9.99. The Morgan fingerprint density at radius 3 is 2.30 bits per heavy atom. The normalized spacial score (nSPS) is 12.4. The number of hydrogen-bond acceptors (Lipinski definition) is 2. The first-order valence-electron chi connectivity index (χ1n) is 5.86. The summed E-state index contributed by atoms with van der Waals surface area (Å²) in [6, 6.07) is 7.78. The summed E-state index contributed by atoms with van der Waals surface area (Å²) < 4.78 is 39.7. The van der Waals surface area contributed by atoms with Crippen molar-refractivity contribution in [3.05, 3.63) is 69.4 Å². The Hall–Kier alpha value is -1.37. The first-order valence-corrected chi connectivity index (χ1v) is 6.65. The fourth-order valence-electron chi connectivity index (χ4n) is 1.90. The smallest absolute Gasteiger partial charge is 0.159 e. The zero-order valence-corrected chi connectivity index (χ0v) is 11.9. The van der Waals surface area contributed by atoms with Crippen LogP contribution in [0.2, 0.25) is 0 Å². The van der Waals surface area contributed by atoms with Crippen molar-refractivity contribution in [2.45, 2.75) is 12.5 Å². The molecule has 2 aromatic carbocycles. The molecule has 0 saturated heterocycles. The van der Waals surface area contributed by atoms with E-state index in [4.69, 9.17) is 5.84 Å². The van der Waals surface area contributed by atoms with Crippen molar-refractivity contribution in [3.8, 4) is 0 Å². The fourth-order valence-corrected chi connectivity index (χ4v) is 2.33. The Balaban J connectivity index is 2.23. The van der Waals surface area contributed by atoms with Crippen LogP contribution in [0, 0.1) is 17.5 Å². The van der Waals surface area contributed by atoms with Crippen LogP contribution < -0.4 is 11.3 Å². The van der Waals surface area contributed by atoms with E-state index in [9.17, 15) is 13.2 Å². The minimum absolute atomic E-state index is 0.344. The first kappa shape index (κ1) is 15.0. The molecular weight excluding hydrogens is 333 g/mol. The summed E-state index contributed by atoms with van der Waals surface area (Å²) in [7, 11) is 0. The van der Waals surface area contributed by atoms with Gasteiger partial charge in [0.2, 0.25) is 0 Å². The Morgan fingerprint density at radius 2 is 1.70 bits per heavy atom. The quantitative estimate of drug-likeness (QED) is 0.656. The molecule has 0 fully saturated rings. The van der Waals surface area contributed by atoms with E-state index in [1.54, 1.807) is 12.1 Å². The van der Waals surface area contributed by atoms with Gasteiger partial charge in [0.15, 0.2) is 11.6 Å². The Kier molecular flexibility index (Phi) is 4.80. The summed E-state index contributed by atoms with van der Waals surface area (Å²) in [6.45, 7) is 0. The monoisotopic (exact) mass is 344 g/mol. The van der Waals surface area contributed by atoms with Crippen molar-refractivity contribution >= 4 is 15.9 Å². The predicted molar refractivity (Wildman–Crippen MR) is 74.2 cm³/mol. The van der Waals surface area contributed by atoms with Gasteiger partial charge >= 0.3 is 0 Å². The van der Waals surface area contributed by atoms with E-state index in [1.165, 1.54) is 12.1 Å². The average molecular weight is 345 g/mol. The molecule has 106 valence electrons. The molecule has 0 saturated carbocycles. The van der Waals surface area contributed by atoms with Crippen molar-refractivity contribution in [3.63, 3.8) is 0 Å². The lowest BCUT2D eigenvalue weighted by Crippen LogP contribution is -2.29. The number of hydrogen-bond donors (Lipinski definition) is 2. The number of nitrogens with two attached hydrogens (primary N) is 1. The highest BCUT2D eigenvalue weighted by molar-refractivity contribution is 9.10. The minimum Gasteiger partial charge on any atom is -0.271 e. The molecule has 0 radical (unpaired) electrons. The lowest BCUT2D eigenvalue weighted by molar-refractivity contribution is 0.497. The molecule has 2 aromatic rings. The third-order valence-electron chi connectivity index (χ3n) is 2.97. The van der Waals surface area contributed by atoms with Gasteiger partial charge in [-0.25, -0.2) is 13.2 Å². The van der Waals surface area contributed by atoms with Crippen LogP contribution in [0.25, 0.3) is 0 Å². The largest absolute Gasteiger partial charge is 0.271 e. The maximum Gasteiger partial charge on any atom is 0.159 e. The summed E-state index contributed by atoms with van der Waals surface area (Å²) >= 11 is 3.10. The lowest BCUT2D eigenvalue weighted by Gasteiger charge is -2.17. The van der Waals surface area contributed by atoms with Crippen molar-refractivity contribution in [2.75, 3.05) is 0 Å².